The topological polar surface area (TPSA) is 48.1 Å². The monoisotopic (exact) mass is 296 g/mol. The molecule has 1 heterocycles. The maximum Gasteiger partial charge on any atom is 0.140 e. The quantitative estimate of drug-likeness (QED) is 0.932. The molecule has 0 bridgehead atoms. The Morgan fingerprint density at radius 3 is 2.58 bits per heavy atom. The molecule has 0 fully saturated rings. The van der Waals surface area contributed by atoms with Gasteiger partial charge in [0.25, 0.3) is 0 Å². The molecule has 0 aliphatic heterocycles. The number of hydrogen-bond donors (Lipinski definition) is 1. The van der Waals surface area contributed by atoms with E-state index in [1.807, 2.05) is 19.1 Å². The highest BCUT2D eigenvalue weighted by Crippen LogP contribution is 2.30. The Kier molecular flexibility index (Phi) is 4.64. The number of ether oxygens (including phenoxy) is 1. The van der Waals surface area contributed by atoms with Gasteiger partial charge >= 0.3 is 0 Å². The average molecular weight is 297 g/mol. The normalized spacial score (nSPS) is 13.9. The van der Waals surface area contributed by atoms with Gasteiger partial charge in [-0.15, -0.1) is 0 Å². The van der Waals surface area contributed by atoms with Crippen LogP contribution in [0.3, 0.4) is 0 Å². The highest BCUT2D eigenvalue weighted by molar-refractivity contribution is 6.42. The Morgan fingerprint density at radius 2 is 2.00 bits per heavy atom. The van der Waals surface area contributed by atoms with Crippen LogP contribution in [-0.2, 0) is 0 Å². The third-order valence-electron chi connectivity index (χ3n) is 2.64. The molecule has 5 heteroatoms. The lowest BCUT2D eigenvalue weighted by atomic mass is 10.1. The molecular formula is C14H14Cl2N2O. The van der Waals surface area contributed by atoms with Crippen LogP contribution in [0.4, 0.5) is 0 Å². The minimum atomic E-state index is -0.286. The fourth-order valence-electron chi connectivity index (χ4n) is 1.72. The van der Waals surface area contributed by atoms with Crippen LogP contribution in [0.5, 0.6) is 5.75 Å². The Balaban J connectivity index is 2.24. The van der Waals surface area contributed by atoms with Crippen LogP contribution in [0.15, 0.2) is 42.7 Å². The second kappa shape index (κ2) is 6.24. The maximum absolute atomic E-state index is 5.97. The third-order valence-corrected chi connectivity index (χ3v) is 3.38. The van der Waals surface area contributed by atoms with Gasteiger partial charge < -0.3 is 10.5 Å². The summed E-state index contributed by atoms with van der Waals surface area (Å²) in [7, 11) is 0. The Bertz CT molecular complexity index is 546. The van der Waals surface area contributed by atoms with E-state index in [2.05, 4.69) is 4.98 Å². The second-order valence-electron chi connectivity index (χ2n) is 4.26. The number of aromatic nitrogens is 1. The van der Waals surface area contributed by atoms with Gasteiger partial charge in [-0.2, -0.15) is 0 Å². The molecule has 0 radical (unpaired) electrons. The fraction of sp³-hybridized carbons (Fsp3) is 0.214. The Labute approximate surface area is 122 Å². The molecule has 0 amide bonds. The average Bonchev–Trinajstić information content (AvgIpc) is 2.40. The zero-order valence-corrected chi connectivity index (χ0v) is 11.9. The van der Waals surface area contributed by atoms with E-state index in [0.717, 1.165) is 5.56 Å². The summed E-state index contributed by atoms with van der Waals surface area (Å²) in [5, 5.41) is 0.946. The third kappa shape index (κ3) is 3.60. The van der Waals surface area contributed by atoms with E-state index in [4.69, 9.17) is 33.7 Å². The molecule has 2 N–H and O–H groups in total. The van der Waals surface area contributed by atoms with Gasteiger partial charge in [-0.25, -0.2) is 0 Å². The van der Waals surface area contributed by atoms with E-state index in [9.17, 15) is 0 Å². The van der Waals surface area contributed by atoms with Crippen molar-refractivity contribution < 1.29 is 4.74 Å². The zero-order valence-electron chi connectivity index (χ0n) is 10.4. The summed E-state index contributed by atoms with van der Waals surface area (Å²) in [5.41, 5.74) is 6.89. The summed E-state index contributed by atoms with van der Waals surface area (Å²) in [4.78, 5) is 4.08. The molecule has 19 heavy (non-hydrogen) atoms. The van der Waals surface area contributed by atoms with Crippen molar-refractivity contribution in [2.45, 2.75) is 19.1 Å². The van der Waals surface area contributed by atoms with Gasteiger partial charge in [-0.1, -0.05) is 29.3 Å². The molecule has 0 aliphatic rings. The number of hydrogen-bond acceptors (Lipinski definition) is 3. The van der Waals surface area contributed by atoms with Crippen LogP contribution in [0.1, 0.15) is 18.6 Å². The van der Waals surface area contributed by atoms with Crippen LogP contribution >= 0.6 is 23.2 Å². The number of benzene rings is 1. The molecule has 0 spiro atoms. The summed E-state index contributed by atoms with van der Waals surface area (Å²) in [6.07, 6.45) is 3.16. The zero-order chi connectivity index (χ0) is 13.8. The highest BCUT2D eigenvalue weighted by atomic mass is 35.5. The van der Waals surface area contributed by atoms with Gasteiger partial charge in [0, 0.05) is 30.1 Å². The maximum atomic E-state index is 5.97. The van der Waals surface area contributed by atoms with Crippen molar-refractivity contribution in [2.75, 3.05) is 0 Å². The van der Waals surface area contributed by atoms with E-state index in [0.29, 0.717) is 15.8 Å². The molecule has 1 aromatic heterocycles. The van der Waals surface area contributed by atoms with Crippen molar-refractivity contribution in [3.05, 3.63) is 58.3 Å². The van der Waals surface area contributed by atoms with Gasteiger partial charge in [0.1, 0.15) is 11.9 Å². The molecule has 0 saturated heterocycles. The first-order valence-corrected chi connectivity index (χ1v) is 6.60. The first-order valence-electron chi connectivity index (χ1n) is 5.85. The Hall–Kier alpha value is -1.29. The van der Waals surface area contributed by atoms with Gasteiger partial charge in [-0.3, -0.25) is 4.98 Å². The number of pyridine rings is 1. The molecular weight excluding hydrogens is 283 g/mol. The predicted octanol–water partition coefficient (Wildman–Crippen LogP) is 3.86. The lowest BCUT2D eigenvalue weighted by Crippen LogP contribution is -2.29. The lowest BCUT2D eigenvalue weighted by Gasteiger charge is -2.22. The summed E-state index contributed by atoms with van der Waals surface area (Å²) >= 11 is 11.8. The highest BCUT2D eigenvalue weighted by Gasteiger charge is 2.18. The molecule has 2 rings (SSSR count). The minimum Gasteiger partial charge on any atom is -0.484 e. The molecule has 0 aliphatic carbocycles. The molecule has 2 unspecified atom stereocenters. The van der Waals surface area contributed by atoms with Crippen LogP contribution in [0.2, 0.25) is 10.0 Å². The van der Waals surface area contributed by atoms with Gasteiger partial charge in [0.2, 0.25) is 0 Å². The van der Waals surface area contributed by atoms with E-state index in [1.165, 1.54) is 0 Å². The molecule has 1 aromatic carbocycles. The van der Waals surface area contributed by atoms with Crippen molar-refractivity contribution in [3.63, 3.8) is 0 Å². The van der Waals surface area contributed by atoms with E-state index >= 15 is 0 Å². The number of nitrogens with zero attached hydrogens (tertiary/aromatic N) is 1. The van der Waals surface area contributed by atoms with E-state index < -0.39 is 0 Å². The van der Waals surface area contributed by atoms with Crippen molar-refractivity contribution in [1.29, 1.82) is 0 Å². The van der Waals surface area contributed by atoms with Crippen molar-refractivity contribution >= 4 is 23.2 Å². The smallest absolute Gasteiger partial charge is 0.140 e. The largest absolute Gasteiger partial charge is 0.484 e. The number of nitrogens with two attached hydrogens (primary N) is 1. The van der Waals surface area contributed by atoms with Gasteiger partial charge in [0.05, 0.1) is 10.0 Å². The summed E-state index contributed by atoms with van der Waals surface area (Å²) < 4.78 is 5.89. The van der Waals surface area contributed by atoms with Gasteiger partial charge in [-0.05, 0) is 25.1 Å². The molecule has 2 atom stereocenters. The predicted molar refractivity (Wildman–Crippen MR) is 77.7 cm³/mol. The summed E-state index contributed by atoms with van der Waals surface area (Å²) in [6.45, 7) is 1.88. The van der Waals surface area contributed by atoms with E-state index in [-0.39, 0.29) is 12.1 Å². The first kappa shape index (κ1) is 14.1. The minimum absolute atomic E-state index is 0.182. The van der Waals surface area contributed by atoms with Crippen LogP contribution < -0.4 is 10.5 Å². The SMILES string of the molecule is CC(N)C(Oc1ccc(Cl)c(Cl)c1)c1cccnc1. The first-order chi connectivity index (χ1) is 9.08. The van der Waals surface area contributed by atoms with Crippen molar-refractivity contribution in [3.8, 4) is 5.75 Å². The van der Waals surface area contributed by atoms with Crippen LogP contribution in [0, 0.1) is 0 Å². The number of rotatable bonds is 4. The van der Waals surface area contributed by atoms with Crippen molar-refractivity contribution in [1.82, 2.24) is 4.98 Å². The molecule has 100 valence electrons. The molecule has 0 saturated carbocycles. The number of halogens is 2. The second-order valence-corrected chi connectivity index (χ2v) is 5.07. The van der Waals surface area contributed by atoms with Crippen molar-refractivity contribution in [2.24, 2.45) is 5.73 Å². The summed E-state index contributed by atoms with van der Waals surface area (Å²) in [6, 6.07) is 8.73. The molecule has 3 nitrogen and oxygen atoms in total. The molecule has 2 aromatic rings. The summed E-state index contributed by atoms with van der Waals surface area (Å²) in [5.74, 6) is 0.626. The standard InChI is InChI=1S/C14H14Cl2N2O/c1-9(17)14(10-3-2-6-18-8-10)19-11-4-5-12(15)13(16)7-11/h2-9,14H,17H2,1H3. The van der Waals surface area contributed by atoms with E-state index in [1.54, 1.807) is 30.6 Å². The Morgan fingerprint density at radius 1 is 1.21 bits per heavy atom. The van der Waals surface area contributed by atoms with Gasteiger partial charge in [0.15, 0.2) is 0 Å². The fourth-order valence-corrected chi connectivity index (χ4v) is 2.01. The van der Waals surface area contributed by atoms with Crippen LogP contribution in [-0.4, -0.2) is 11.0 Å². The lowest BCUT2D eigenvalue weighted by molar-refractivity contribution is 0.180. The van der Waals surface area contributed by atoms with Crippen LogP contribution in [0.25, 0.3) is 0 Å².